The summed E-state index contributed by atoms with van der Waals surface area (Å²) in [5, 5.41) is 3.41. The fourth-order valence-electron chi connectivity index (χ4n) is 1.87. The second kappa shape index (κ2) is 4.09. The molecule has 0 aliphatic carbocycles. The van der Waals surface area contributed by atoms with Crippen molar-refractivity contribution >= 4 is 5.91 Å². The fourth-order valence-corrected chi connectivity index (χ4v) is 1.87. The van der Waals surface area contributed by atoms with Crippen molar-refractivity contribution in [2.75, 3.05) is 13.1 Å². The quantitative estimate of drug-likeness (QED) is 0.655. The Hall–Kier alpha value is -0.570. The van der Waals surface area contributed by atoms with Crippen LogP contribution in [-0.2, 0) is 4.79 Å². The Morgan fingerprint density at radius 1 is 1.31 bits per heavy atom. The number of hydrogen-bond donors (Lipinski definition) is 1. The monoisotopic (exact) mass is 184 g/mol. The summed E-state index contributed by atoms with van der Waals surface area (Å²) < 4.78 is 0. The number of nitrogens with one attached hydrogen (secondary N) is 1. The molecule has 0 saturated carbocycles. The highest BCUT2D eigenvalue weighted by atomic mass is 16.2. The zero-order valence-electron chi connectivity index (χ0n) is 9.00. The van der Waals surface area contributed by atoms with Crippen molar-refractivity contribution in [3.63, 3.8) is 0 Å². The molecule has 0 aromatic carbocycles. The van der Waals surface area contributed by atoms with Crippen molar-refractivity contribution in [3.05, 3.63) is 0 Å². The van der Waals surface area contributed by atoms with Gasteiger partial charge in [0.25, 0.3) is 0 Å². The van der Waals surface area contributed by atoms with Gasteiger partial charge in [0, 0.05) is 31.1 Å². The van der Waals surface area contributed by atoms with E-state index in [1.807, 2.05) is 18.7 Å². The number of amides is 1. The highest BCUT2D eigenvalue weighted by Gasteiger charge is 2.25. The van der Waals surface area contributed by atoms with Gasteiger partial charge < -0.3 is 10.2 Å². The summed E-state index contributed by atoms with van der Waals surface area (Å²) in [6.45, 7) is 9.86. The number of carbonyl (C=O) groups excluding carboxylic acids is 1. The van der Waals surface area contributed by atoms with Gasteiger partial charge in [-0.05, 0) is 13.8 Å². The number of rotatable bonds is 1. The van der Waals surface area contributed by atoms with Crippen LogP contribution in [0.15, 0.2) is 0 Å². The first kappa shape index (κ1) is 10.5. The molecule has 2 atom stereocenters. The van der Waals surface area contributed by atoms with Crippen LogP contribution in [0.5, 0.6) is 0 Å². The Morgan fingerprint density at radius 2 is 1.77 bits per heavy atom. The van der Waals surface area contributed by atoms with Crippen molar-refractivity contribution in [1.82, 2.24) is 10.2 Å². The third-order valence-corrected chi connectivity index (χ3v) is 2.36. The predicted octanol–water partition coefficient (Wildman–Crippen LogP) is 0.851. The molecule has 1 N–H and O–H groups in total. The van der Waals surface area contributed by atoms with Crippen LogP contribution in [0.25, 0.3) is 0 Å². The molecular formula is C10H20N2O. The Bertz CT molecular complexity index is 181. The normalized spacial score (nSPS) is 29.5. The van der Waals surface area contributed by atoms with Crippen LogP contribution >= 0.6 is 0 Å². The Morgan fingerprint density at radius 3 is 2.15 bits per heavy atom. The van der Waals surface area contributed by atoms with E-state index in [0.29, 0.717) is 12.1 Å². The van der Waals surface area contributed by atoms with E-state index < -0.39 is 0 Å². The first-order chi connectivity index (χ1) is 6.00. The van der Waals surface area contributed by atoms with Crippen molar-refractivity contribution in [2.45, 2.75) is 39.8 Å². The summed E-state index contributed by atoms with van der Waals surface area (Å²) >= 11 is 0. The van der Waals surface area contributed by atoms with Crippen molar-refractivity contribution in [1.29, 1.82) is 0 Å². The van der Waals surface area contributed by atoms with Gasteiger partial charge in [0.15, 0.2) is 0 Å². The average molecular weight is 184 g/mol. The third-order valence-electron chi connectivity index (χ3n) is 2.36. The lowest BCUT2D eigenvalue weighted by Gasteiger charge is -2.37. The maximum Gasteiger partial charge on any atom is 0.225 e. The minimum atomic E-state index is 0.123. The minimum Gasteiger partial charge on any atom is -0.339 e. The summed E-state index contributed by atoms with van der Waals surface area (Å²) in [6, 6.07) is 0.845. The van der Waals surface area contributed by atoms with Gasteiger partial charge in [0.05, 0.1) is 0 Å². The average Bonchev–Trinajstić information content (AvgIpc) is 2.01. The second-order valence-electron chi connectivity index (χ2n) is 4.37. The number of nitrogens with zero attached hydrogens (tertiary/aromatic N) is 1. The van der Waals surface area contributed by atoms with Crippen LogP contribution < -0.4 is 5.32 Å². The lowest BCUT2D eigenvalue weighted by molar-refractivity contribution is -0.136. The molecule has 0 spiro atoms. The van der Waals surface area contributed by atoms with E-state index >= 15 is 0 Å². The van der Waals surface area contributed by atoms with E-state index in [2.05, 4.69) is 19.2 Å². The van der Waals surface area contributed by atoms with E-state index in [1.54, 1.807) is 0 Å². The maximum atomic E-state index is 11.7. The molecule has 1 fully saturated rings. The van der Waals surface area contributed by atoms with Crippen LogP contribution in [0.4, 0.5) is 0 Å². The molecule has 0 bridgehead atoms. The Balaban J connectivity index is 2.55. The van der Waals surface area contributed by atoms with Crippen molar-refractivity contribution < 1.29 is 4.79 Å². The SMILES string of the molecule is CC1CN(C(=O)C(C)C)CC(C)N1. The maximum absolute atomic E-state index is 11.7. The van der Waals surface area contributed by atoms with Gasteiger partial charge >= 0.3 is 0 Å². The predicted molar refractivity (Wildman–Crippen MR) is 53.5 cm³/mol. The standard InChI is InChI=1S/C10H20N2O/c1-7(2)10(13)12-5-8(3)11-9(4)6-12/h7-9,11H,5-6H2,1-4H3. The molecule has 1 amide bonds. The zero-order valence-corrected chi connectivity index (χ0v) is 9.00. The van der Waals surface area contributed by atoms with Gasteiger partial charge in [-0.1, -0.05) is 13.8 Å². The first-order valence-corrected chi connectivity index (χ1v) is 5.05. The Kier molecular flexibility index (Phi) is 3.31. The van der Waals surface area contributed by atoms with E-state index in [9.17, 15) is 4.79 Å². The van der Waals surface area contributed by atoms with Gasteiger partial charge in [-0.3, -0.25) is 4.79 Å². The topological polar surface area (TPSA) is 32.3 Å². The third kappa shape index (κ3) is 2.69. The molecule has 1 aliphatic heterocycles. The highest BCUT2D eigenvalue weighted by Crippen LogP contribution is 2.08. The number of carbonyl (C=O) groups is 1. The molecule has 1 saturated heterocycles. The van der Waals surface area contributed by atoms with E-state index in [0.717, 1.165) is 13.1 Å². The summed E-state index contributed by atoms with van der Waals surface area (Å²) in [6.07, 6.45) is 0. The first-order valence-electron chi connectivity index (χ1n) is 5.05. The molecule has 76 valence electrons. The molecule has 0 aromatic heterocycles. The van der Waals surface area contributed by atoms with Crippen LogP contribution in [0.2, 0.25) is 0 Å². The summed E-state index contributed by atoms with van der Waals surface area (Å²) in [5.41, 5.74) is 0. The van der Waals surface area contributed by atoms with Crippen molar-refractivity contribution in [2.24, 2.45) is 5.92 Å². The molecule has 0 aromatic rings. The number of hydrogen-bond acceptors (Lipinski definition) is 2. The van der Waals surface area contributed by atoms with E-state index in [-0.39, 0.29) is 11.8 Å². The Labute approximate surface area is 80.5 Å². The molecule has 2 unspecified atom stereocenters. The minimum absolute atomic E-state index is 0.123. The van der Waals surface area contributed by atoms with Crippen LogP contribution in [0, 0.1) is 5.92 Å². The van der Waals surface area contributed by atoms with Gasteiger partial charge in [-0.2, -0.15) is 0 Å². The molecule has 1 heterocycles. The van der Waals surface area contributed by atoms with Crippen LogP contribution in [0.3, 0.4) is 0 Å². The molecular weight excluding hydrogens is 164 g/mol. The largest absolute Gasteiger partial charge is 0.339 e. The second-order valence-corrected chi connectivity index (χ2v) is 4.37. The highest BCUT2D eigenvalue weighted by molar-refractivity contribution is 5.78. The van der Waals surface area contributed by atoms with E-state index in [4.69, 9.17) is 0 Å². The van der Waals surface area contributed by atoms with Gasteiger partial charge in [0.1, 0.15) is 0 Å². The van der Waals surface area contributed by atoms with Crippen molar-refractivity contribution in [3.8, 4) is 0 Å². The molecule has 1 rings (SSSR count). The summed E-state index contributed by atoms with van der Waals surface area (Å²) in [5.74, 6) is 0.401. The fraction of sp³-hybridized carbons (Fsp3) is 0.900. The molecule has 3 heteroatoms. The van der Waals surface area contributed by atoms with Crippen LogP contribution in [0.1, 0.15) is 27.7 Å². The molecule has 13 heavy (non-hydrogen) atoms. The zero-order chi connectivity index (χ0) is 10.0. The smallest absolute Gasteiger partial charge is 0.225 e. The summed E-state index contributed by atoms with van der Waals surface area (Å²) in [4.78, 5) is 13.7. The van der Waals surface area contributed by atoms with Gasteiger partial charge in [0.2, 0.25) is 5.91 Å². The lowest BCUT2D eigenvalue weighted by atomic mass is 10.1. The molecule has 1 aliphatic rings. The van der Waals surface area contributed by atoms with Gasteiger partial charge in [-0.15, -0.1) is 0 Å². The van der Waals surface area contributed by atoms with Gasteiger partial charge in [-0.25, -0.2) is 0 Å². The van der Waals surface area contributed by atoms with E-state index in [1.165, 1.54) is 0 Å². The molecule has 0 radical (unpaired) electrons. The van der Waals surface area contributed by atoms with Crippen LogP contribution in [-0.4, -0.2) is 36.0 Å². The summed E-state index contributed by atoms with van der Waals surface area (Å²) in [7, 11) is 0. The molecule has 3 nitrogen and oxygen atoms in total. The lowest BCUT2D eigenvalue weighted by Crippen LogP contribution is -2.56. The number of piperazine rings is 1.